The molecule has 1 aliphatic carbocycles. The summed E-state index contributed by atoms with van der Waals surface area (Å²) in [6, 6.07) is 9.50. The predicted octanol–water partition coefficient (Wildman–Crippen LogP) is 4.59. The first-order valence-corrected chi connectivity index (χ1v) is 8.31. The van der Waals surface area contributed by atoms with Crippen molar-refractivity contribution in [2.24, 2.45) is 0 Å². The Hall–Kier alpha value is -2.08. The molecule has 6 heteroatoms. The summed E-state index contributed by atoms with van der Waals surface area (Å²) in [5.74, 6) is 0.906. The van der Waals surface area contributed by atoms with Crippen molar-refractivity contribution >= 4 is 22.0 Å². The van der Waals surface area contributed by atoms with Crippen LogP contribution in [0.25, 0.3) is 0 Å². The van der Waals surface area contributed by atoms with Crippen molar-refractivity contribution < 1.29 is 9.66 Å². The molecule has 0 atom stereocenters. The molecular weight excluding hydrogens is 300 g/mol. The second-order valence-electron chi connectivity index (χ2n) is 5.45. The van der Waals surface area contributed by atoms with Crippen molar-refractivity contribution in [3.63, 3.8) is 0 Å². The summed E-state index contributed by atoms with van der Waals surface area (Å²) in [6.07, 6.45) is 5.19. The Morgan fingerprint density at radius 3 is 2.64 bits per heavy atom. The molecular formula is C16H18N2O3S. The summed E-state index contributed by atoms with van der Waals surface area (Å²) in [4.78, 5) is 10.3. The Bertz CT molecular complexity index is 633. The maximum Gasteiger partial charge on any atom is 0.324 e. The highest BCUT2D eigenvalue weighted by molar-refractivity contribution is 7.13. The summed E-state index contributed by atoms with van der Waals surface area (Å²) in [6.45, 7) is 0.577. The number of thiophene rings is 1. The lowest BCUT2D eigenvalue weighted by molar-refractivity contribution is -0.380. The van der Waals surface area contributed by atoms with Crippen LogP contribution in [-0.2, 0) is 6.54 Å². The van der Waals surface area contributed by atoms with Crippen LogP contribution >= 0.6 is 11.3 Å². The van der Waals surface area contributed by atoms with Crippen molar-refractivity contribution in [2.45, 2.75) is 38.3 Å². The van der Waals surface area contributed by atoms with E-state index in [1.807, 2.05) is 29.6 Å². The zero-order chi connectivity index (χ0) is 15.4. The molecule has 1 heterocycles. The van der Waals surface area contributed by atoms with Crippen LogP contribution in [0.5, 0.6) is 5.75 Å². The molecule has 0 unspecified atom stereocenters. The van der Waals surface area contributed by atoms with Crippen LogP contribution in [0.15, 0.2) is 35.7 Å². The first-order chi connectivity index (χ1) is 10.7. The van der Waals surface area contributed by atoms with E-state index >= 15 is 0 Å². The fourth-order valence-electron chi connectivity index (χ4n) is 2.61. The minimum Gasteiger partial charge on any atom is -0.490 e. The van der Waals surface area contributed by atoms with Crippen molar-refractivity contribution in [1.82, 2.24) is 0 Å². The minimum absolute atomic E-state index is 0.178. The van der Waals surface area contributed by atoms with Gasteiger partial charge in [0, 0.05) is 23.7 Å². The average Bonchev–Trinajstić information content (AvgIpc) is 3.18. The molecule has 1 fully saturated rings. The molecule has 22 heavy (non-hydrogen) atoms. The predicted molar refractivity (Wildman–Crippen MR) is 87.6 cm³/mol. The minimum atomic E-state index is -0.358. The third-order valence-electron chi connectivity index (χ3n) is 3.78. The first kappa shape index (κ1) is 14.8. The molecule has 0 saturated heterocycles. The van der Waals surface area contributed by atoms with Gasteiger partial charge in [0.2, 0.25) is 0 Å². The van der Waals surface area contributed by atoms with Gasteiger partial charge >= 0.3 is 5.00 Å². The van der Waals surface area contributed by atoms with Crippen LogP contribution in [0.2, 0.25) is 0 Å². The third-order valence-corrected chi connectivity index (χ3v) is 4.70. The highest BCUT2D eigenvalue weighted by Crippen LogP contribution is 2.26. The molecule has 3 rings (SSSR count). The summed E-state index contributed by atoms with van der Waals surface area (Å²) < 4.78 is 5.92. The summed E-state index contributed by atoms with van der Waals surface area (Å²) >= 11 is 1.15. The molecule has 0 spiro atoms. The quantitative estimate of drug-likeness (QED) is 0.625. The standard InChI is InChI=1S/C16H18N2O3S/c19-18(20)16-9-12(11-22-16)10-17-13-5-7-15(8-6-13)21-14-3-1-2-4-14/h5-9,11,14,17H,1-4,10H2. The zero-order valence-corrected chi connectivity index (χ0v) is 13.0. The lowest BCUT2D eigenvalue weighted by Crippen LogP contribution is -2.10. The van der Waals surface area contributed by atoms with E-state index in [2.05, 4.69) is 5.32 Å². The maximum atomic E-state index is 10.6. The Morgan fingerprint density at radius 1 is 1.27 bits per heavy atom. The molecule has 1 aromatic carbocycles. The number of ether oxygens (including phenoxy) is 1. The molecule has 0 radical (unpaired) electrons. The monoisotopic (exact) mass is 318 g/mol. The van der Waals surface area contributed by atoms with Gasteiger partial charge in [-0.25, -0.2) is 0 Å². The highest BCUT2D eigenvalue weighted by Gasteiger charge is 2.16. The van der Waals surface area contributed by atoms with E-state index in [4.69, 9.17) is 4.74 Å². The number of nitro groups is 1. The summed E-state index contributed by atoms with van der Waals surface area (Å²) in [7, 11) is 0. The number of hydrogen-bond donors (Lipinski definition) is 1. The summed E-state index contributed by atoms with van der Waals surface area (Å²) in [5.41, 5.74) is 1.90. The molecule has 1 aromatic heterocycles. The van der Waals surface area contributed by atoms with E-state index in [1.165, 1.54) is 12.8 Å². The fourth-order valence-corrected chi connectivity index (χ4v) is 3.33. The van der Waals surface area contributed by atoms with E-state index in [0.29, 0.717) is 12.6 Å². The molecule has 116 valence electrons. The maximum absolute atomic E-state index is 10.6. The van der Waals surface area contributed by atoms with E-state index < -0.39 is 0 Å². The smallest absolute Gasteiger partial charge is 0.324 e. The van der Waals surface area contributed by atoms with Gasteiger partial charge in [0.1, 0.15) is 5.75 Å². The van der Waals surface area contributed by atoms with Gasteiger partial charge in [-0.2, -0.15) is 0 Å². The van der Waals surface area contributed by atoms with Gasteiger partial charge in [0.25, 0.3) is 0 Å². The van der Waals surface area contributed by atoms with Gasteiger partial charge in [-0.3, -0.25) is 10.1 Å². The van der Waals surface area contributed by atoms with Crippen molar-refractivity contribution in [2.75, 3.05) is 5.32 Å². The molecule has 5 nitrogen and oxygen atoms in total. The van der Waals surface area contributed by atoms with Gasteiger partial charge in [-0.1, -0.05) is 11.3 Å². The summed E-state index contributed by atoms with van der Waals surface area (Å²) in [5, 5.41) is 15.9. The molecule has 0 aliphatic heterocycles. The lowest BCUT2D eigenvalue weighted by atomic mass is 10.2. The molecule has 1 N–H and O–H groups in total. The van der Waals surface area contributed by atoms with Gasteiger partial charge in [-0.05, 0) is 55.5 Å². The van der Waals surface area contributed by atoms with Crippen LogP contribution in [0.4, 0.5) is 10.7 Å². The SMILES string of the molecule is O=[N+]([O-])c1cc(CNc2ccc(OC3CCCC3)cc2)cs1. The number of nitrogens with zero attached hydrogens (tertiary/aromatic N) is 1. The third kappa shape index (κ3) is 3.76. The van der Waals surface area contributed by atoms with Crippen molar-refractivity contribution in [1.29, 1.82) is 0 Å². The molecule has 1 aliphatic rings. The second kappa shape index (κ2) is 6.79. The van der Waals surface area contributed by atoms with Gasteiger partial charge in [0.05, 0.1) is 11.0 Å². The number of hydrogen-bond acceptors (Lipinski definition) is 5. The molecule has 2 aromatic rings. The normalized spacial score (nSPS) is 14.9. The van der Waals surface area contributed by atoms with Gasteiger partial charge in [0.15, 0.2) is 0 Å². The van der Waals surface area contributed by atoms with Gasteiger partial charge < -0.3 is 10.1 Å². The largest absolute Gasteiger partial charge is 0.490 e. The Balaban J connectivity index is 1.52. The van der Waals surface area contributed by atoms with E-state index in [1.54, 1.807) is 6.07 Å². The van der Waals surface area contributed by atoms with E-state index in [-0.39, 0.29) is 9.92 Å². The van der Waals surface area contributed by atoms with Crippen LogP contribution in [-0.4, -0.2) is 11.0 Å². The number of nitrogens with one attached hydrogen (secondary N) is 1. The highest BCUT2D eigenvalue weighted by atomic mass is 32.1. The molecule has 0 bridgehead atoms. The molecule has 1 saturated carbocycles. The van der Waals surface area contributed by atoms with Crippen LogP contribution < -0.4 is 10.1 Å². The van der Waals surface area contributed by atoms with Crippen LogP contribution in [0.3, 0.4) is 0 Å². The number of benzene rings is 1. The topological polar surface area (TPSA) is 64.4 Å². The van der Waals surface area contributed by atoms with Crippen LogP contribution in [0.1, 0.15) is 31.2 Å². The number of anilines is 1. The Labute approximate surface area is 133 Å². The van der Waals surface area contributed by atoms with E-state index in [9.17, 15) is 10.1 Å². The van der Waals surface area contributed by atoms with E-state index in [0.717, 1.165) is 41.2 Å². The zero-order valence-electron chi connectivity index (χ0n) is 12.2. The second-order valence-corrected chi connectivity index (χ2v) is 6.34. The van der Waals surface area contributed by atoms with Gasteiger partial charge in [-0.15, -0.1) is 0 Å². The fraction of sp³-hybridized carbons (Fsp3) is 0.375. The molecule has 0 amide bonds. The van der Waals surface area contributed by atoms with Crippen LogP contribution in [0, 0.1) is 10.1 Å². The average molecular weight is 318 g/mol. The number of rotatable bonds is 6. The Kier molecular flexibility index (Phi) is 4.58. The first-order valence-electron chi connectivity index (χ1n) is 7.43. The van der Waals surface area contributed by atoms with Crippen molar-refractivity contribution in [3.05, 3.63) is 51.4 Å². The lowest BCUT2D eigenvalue weighted by Gasteiger charge is -2.13. The van der Waals surface area contributed by atoms with Crippen molar-refractivity contribution in [3.8, 4) is 5.75 Å². The Morgan fingerprint density at radius 2 is 2.00 bits per heavy atom.